The molecule has 3 aromatic rings. The molecule has 1 fully saturated rings. The highest BCUT2D eigenvalue weighted by molar-refractivity contribution is 5.81. The summed E-state index contributed by atoms with van der Waals surface area (Å²) < 4.78 is 1.94. The number of para-hydroxylation sites is 2. The Labute approximate surface area is 181 Å². The number of piperidine rings is 1. The molecule has 0 bridgehead atoms. The summed E-state index contributed by atoms with van der Waals surface area (Å²) in [5, 5.41) is 19.4. The minimum Gasteiger partial charge on any atom is -0.465 e. The zero-order chi connectivity index (χ0) is 22.2. The van der Waals surface area contributed by atoms with Gasteiger partial charge in [-0.1, -0.05) is 12.1 Å². The number of nitrogens with zero attached hydrogens (tertiary/aromatic N) is 6. The zero-order valence-corrected chi connectivity index (χ0v) is 18.0. The van der Waals surface area contributed by atoms with Gasteiger partial charge in [0.25, 0.3) is 0 Å². The SMILES string of the molecule is CC(C)(C)N(C(=O)O)C1CCN(c2nc3ccccc3n2-c2ncccc2C#N)CC1. The maximum absolute atomic E-state index is 11.9. The van der Waals surface area contributed by atoms with Crippen molar-refractivity contribution in [1.82, 2.24) is 19.4 Å². The lowest BCUT2D eigenvalue weighted by Gasteiger charge is -2.43. The molecule has 160 valence electrons. The van der Waals surface area contributed by atoms with Crippen LogP contribution in [-0.4, -0.2) is 55.3 Å². The van der Waals surface area contributed by atoms with Crippen molar-refractivity contribution in [2.24, 2.45) is 0 Å². The zero-order valence-electron chi connectivity index (χ0n) is 18.0. The number of anilines is 1. The molecule has 1 aromatic carbocycles. The van der Waals surface area contributed by atoms with Crippen LogP contribution in [0.15, 0.2) is 42.6 Å². The number of carboxylic acid groups (broad SMARTS) is 1. The molecule has 0 unspecified atom stereocenters. The molecule has 8 heteroatoms. The van der Waals surface area contributed by atoms with Gasteiger partial charge in [-0.05, 0) is 57.9 Å². The molecule has 3 heterocycles. The van der Waals surface area contributed by atoms with Crippen LogP contribution in [-0.2, 0) is 0 Å². The Hall–Kier alpha value is -3.60. The van der Waals surface area contributed by atoms with Gasteiger partial charge in [0.1, 0.15) is 6.07 Å². The van der Waals surface area contributed by atoms with Crippen LogP contribution in [0.3, 0.4) is 0 Å². The summed E-state index contributed by atoms with van der Waals surface area (Å²) in [6, 6.07) is 13.5. The van der Waals surface area contributed by atoms with Gasteiger partial charge in [-0.3, -0.25) is 4.57 Å². The molecular formula is C23H26N6O2. The standard InChI is InChI=1S/C23H26N6O2/c1-23(2,3)29(22(30)31)17-10-13-27(14-11-17)21-26-18-8-4-5-9-19(18)28(21)20-16(15-24)7-6-12-25-20/h4-9,12,17H,10-11,13-14H2,1-3H3,(H,30,31). The number of hydrogen-bond donors (Lipinski definition) is 1. The number of rotatable bonds is 3. The molecule has 0 spiro atoms. The van der Waals surface area contributed by atoms with Gasteiger partial charge < -0.3 is 14.9 Å². The van der Waals surface area contributed by atoms with Crippen molar-refractivity contribution < 1.29 is 9.90 Å². The molecule has 4 rings (SSSR count). The Morgan fingerprint density at radius 2 is 1.90 bits per heavy atom. The van der Waals surface area contributed by atoms with Crippen LogP contribution in [0.5, 0.6) is 0 Å². The van der Waals surface area contributed by atoms with Crippen molar-refractivity contribution in [2.45, 2.75) is 45.2 Å². The summed E-state index contributed by atoms with van der Waals surface area (Å²) in [6.07, 6.45) is 2.21. The van der Waals surface area contributed by atoms with Crippen LogP contribution < -0.4 is 4.90 Å². The first-order valence-electron chi connectivity index (χ1n) is 10.4. The van der Waals surface area contributed by atoms with Crippen molar-refractivity contribution in [1.29, 1.82) is 5.26 Å². The van der Waals surface area contributed by atoms with Crippen LogP contribution in [0.2, 0.25) is 0 Å². The van der Waals surface area contributed by atoms with Gasteiger partial charge in [-0.15, -0.1) is 0 Å². The van der Waals surface area contributed by atoms with E-state index < -0.39 is 11.6 Å². The molecule has 1 aliphatic rings. The summed E-state index contributed by atoms with van der Waals surface area (Å²) in [6.45, 7) is 7.12. The quantitative estimate of drug-likeness (QED) is 0.689. The molecule has 0 atom stereocenters. The largest absolute Gasteiger partial charge is 0.465 e. The molecule has 1 saturated heterocycles. The van der Waals surface area contributed by atoms with Crippen molar-refractivity contribution in [3.05, 3.63) is 48.2 Å². The fourth-order valence-electron chi connectivity index (χ4n) is 4.41. The number of hydrogen-bond acceptors (Lipinski definition) is 5. The lowest BCUT2D eigenvalue weighted by atomic mass is 9.97. The van der Waals surface area contributed by atoms with Gasteiger partial charge in [0.2, 0.25) is 5.95 Å². The summed E-state index contributed by atoms with van der Waals surface area (Å²) in [4.78, 5) is 24.9. The first kappa shape index (κ1) is 20.7. The molecule has 31 heavy (non-hydrogen) atoms. The number of carbonyl (C=O) groups is 1. The second-order valence-electron chi connectivity index (χ2n) is 8.76. The van der Waals surface area contributed by atoms with E-state index in [1.807, 2.05) is 49.6 Å². The summed E-state index contributed by atoms with van der Waals surface area (Å²) in [5.74, 6) is 1.28. The predicted molar refractivity (Wildman–Crippen MR) is 118 cm³/mol. The average Bonchev–Trinajstić information content (AvgIpc) is 3.12. The topological polar surface area (TPSA) is 98.3 Å². The second-order valence-corrected chi connectivity index (χ2v) is 8.76. The smallest absolute Gasteiger partial charge is 0.407 e. The highest BCUT2D eigenvalue weighted by atomic mass is 16.4. The third-order valence-electron chi connectivity index (χ3n) is 5.70. The Morgan fingerprint density at radius 1 is 1.19 bits per heavy atom. The first-order valence-corrected chi connectivity index (χ1v) is 10.4. The van der Waals surface area contributed by atoms with E-state index in [1.165, 1.54) is 0 Å². The molecule has 0 aliphatic carbocycles. The minimum atomic E-state index is -0.884. The van der Waals surface area contributed by atoms with Crippen LogP contribution in [0.25, 0.3) is 16.9 Å². The van der Waals surface area contributed by atoms with Crippen molar-refractivity contribution in [3.8, 4) is 11.9 Å². The lowest BCUT2D eigenvalue weighted by Crippen LogP contribution is -2.54. The van der Waals surface area contributed by atoms with Crippen molar-refractivity contribution in [2.75, 3.05) is 18.0 Å². The second kappa shape index (κ2) is 7.91. The van der Waals surface area contributed by atoms with E-state index in [4.69, 9.17) is 4.98 Å². The number of nitriles is 1. The van der Waals surface area contributed by atoms with Gasteiger partial charge in [0.15, 0.2) is 5.82 Å². The molecule has 8 nitrogen and oxygen atoms in total. The van der Waals surface area contributed by atoms with E-state index in [9.17, 15) is 15.2 Å². The Balaban J connectivity index is 1.71. The number of pyridine rings is 1. The molecule has 0 saturated carbocycles. The maximum Gasteiger partial charge on any atom is 0.407 e. The van der Waals surface area contributed by atoms with Crippen molar-refractivity contribution >= 4 is 23.1 Å². The van der Waals surface area contributed by atoms with Gasteiger partial charge in [0, 0.05) is 30.9 Å². The molecular weight excluding hydrogens is 392 g/mol. The Bertz CT molecular complexity index is 1150. The van der Waals surface area contributed by atoms with Crippen LogP contribution in [0.4, 0.5) is 10.7 Å². The maximum atomic E-state index is 11.9. The number of imidazole rings is 1. The van der Waals surface area contributed by atoms with E-state index in [0.717, 1.165) is 17.0 Å². The normalized spacial score (nSPS) is 15.1. The van der Waals surface area contributed by atoms with E-state index in [-0.39, 0.29) is 6.04 Å². The predicted octanol–water partition coefficient (Wildman–Crippen LogP) is 4.04. The highest BCUT2D eigenvalue weighted by Gasteiger charge is 2.36. The number of benzene rings is 1. The lowest BCUT2D eigenvalue weighted by molar-refractivity contribution is 0.0615. The average molecular weight is 419 g/mol. The van der Waals surface area contributed by atoms with Crippen molar-refractivity contribution in [3.63, 3.8) is 0 Å². The molecule has 1 amide bonds. The highest BCUT2D eigenvalue weighted by Crippen LogP contribution is 2.31. The number of fused-ring (bicyclic) bond motifs is 1. The molecule has 1 aliphatic heterocycles. The third kappa shape index (κ3) is 3.79. The summed E-state index contributed by atoms with van der Waals surface area (Å²) in [5.41, 5.74) is 1.74. The molecule has 2 aromatic heterocycles. The minimum absolute atomic E-state index is 0.0453. The fraction of sp³-hybridized carbons (Fsp3) is 0.391. The van der Waals surface area contributed by atoms with Gasteiger partial charge in [-0.2, -0.15) is 5.26 Å². The molecule has 0 radical (unpaired) electrons. The van der Waals surface area contributed by atoms with Gasteiger partial charge >= 0.3 is 6.09 Å². The van der Waals surface area contributed by atoms with E-state index >= 15 is 0 Å². The summed E-state index contributed by atoms with van der Waals surface area (Å²) in [7, 11) is 0. The van der Waals surface area contributed by atoms with Gasteiger partial charge in [0.05, 0.1) is 16.6 Å². The van der Waals surface area contributed by atoms with Crippen LogP contribution >= 0.6 is 0 Å². The Kier molecular flexibility index (Phi) is 5.27. The summed E-state index contributed by atoms with van der Waals surface area (Å²) >= 11 is 0. The van der Waals surface area contributed by atoms with Crippen LogP contribution in [0, 0.1) is 11.3 Å². The van der Waals surface area contributed by atoms with E-state index in [1.54, 1.807) is 23.2 Å². The monoisotopic (exact) mass is 418 g/mol. The Morgan fingerprint density at radius 3 is 2.55 bits per heavy atom. The first-order chi connectivity index (χ1) is 14.8. The van der Waals surface area contributed by atoms with Crippen LogP contribution in [0.1, 0.15) is 39.2 Å². The fourth-order valence-corrected chi connectivity index (χ4v) is 4.41. The van der Waals surface area contributed by atoms with Gasteiger partial charge in [-0.25, -0.2) is 14.8 Å². The number of aromatic nitrogens is 3. The molecule has 1 N–H and O–H groups in total. The number of amides is 1. The van der Waals surface area contributed by atoms with E-state index in [0.29, 0.717) is 37.3 Å². The third-order valence-corrected chi connectivity index (χ3v) is 5.70. The van der Waals surface area contributed by atoms with E-state index in [2.05, 4.69) is 16.0 Å².